The van der Waals surface area contributed by atoms with E-state index < -0.39 is 38.0 Å². The lowest BCUT2D eigenvalue weighted by atomic mass is 9.70. The summed E-state index contributed by atoms with van der Waals surface area (Å²) in [4.78, 5) is 21.5. The second-order valence-corrected chi connectivity index (χ2v) is 14.8. The van der Waals surface area contributed by atoms with Crippen molar-refractivity contribution >= 4 is 27.0 Å². The Hall–Kier alpha value is -3.67. The predicted molar refractivity (Wildman–Crippen MR) is 172 cm³/mol. The number of nitrogens with two attached hydrogens (primary N) is 1. The molecule has 3 aromatic carbocycles. The minimum absolute atomic E-state index is 0.203. The van der Waals surface area contributed by atoms with Crippen LogP contribution in [0.4, 0.5) is 8.78 Å². The molecule has 4 aromatic rings. The normalized spacial score (nSPS) is 23.2. The van der Waals surface area contributed by atoms with Crippen LogP contribution in [0.15, 0.2) is 71.6 Å². The fourth-order valence-corrected chi connectivity index (χ4v) is 9.12. The number of nitrogens with zero attached hydrogens (tertiary/aromatic N) is 4. The second-order valence-electron chi connectivity index (χ2n) is 13.2. The Bertz CT molecular complexity index is 1870. The molecular formula is C35H39F2N5O3S. The predicted octanol–water partition coefficient (Wildman–Crippen LogP) is 5.70. The number of imidazole rings is 1. The third-order valence-electron chi connectivity index (χ3n) is 10.8. The van der Waals surface area contributed by atoms with Gasteiger partial charge >= 0.3 is 0 Å². The van der Waals surface area contributed by atoms with Crippen LogP contribution < -0.4 is 5.14 Å². The number of carbonyl (C=O) groups excluding carboxylic acids is 1. The molecule has 0 saturated carbocycles. The number of amides is 1. The Morgan fingerprint density at radius 1 is 0.935 bits per heavy atom. The summed E-state index contributed by atoms with van der Waals surface area (Å²) >= 11 is 0. The average Bonchev–Trinajstić information content (AvgIpc) is 3.50. The number of rotatable bonds is 7. The highest BCUT2D eigenvalue weighted by atomic mass is 32.2. The zero-order chi connectivity index (χ0) is 32.2. The summed E-state index contributed by atoms with van der Waals surface area (Å²) in [7, 11) is -4.46. The minimum Gasteiger partial charge on any atom is -0.338 e. The van der Waals surface area contributed by atoms with Crippen molar-refractivity contribution in [3.8, 4) is 0 Å². The maximum absolute atomic E-state index is 15.1. The van der Waals surface area contributed by atoms with Gasteiger partial charge in [-0.05, 0) is 93.7 Å². The van der Waals surface area contributed by atoms with Gasteiger partial charge in [-0.2, -0.15) is 0 Å². The van der Waals surface area contributed by atoms with Gasteiger partial charge in [0, 0.05) is 31.2 Å². The molecule has 242 valence electrons. The summed E-state index contributed by atoms with van der Waals surface area (Å²) in [5.41, 5.74) is 2.38. The molecule has 4 heterocycles. The number of likely N-dealkylation sites (tertiary alicyclic amines) is 1. The van der Waals surface area contributed by atoms with E-state index >= 15 is 4.39 Å². The number of primary sulfonamides is 1. The highest BCUT2D eigenvalue weighted by Crippen LogP contribution is 2.45. The van der Waals surface area contributed by atoms with Crippen molar-refractivity contribution in [1.82, 2.24) is 19.4 Å². The van der Waals surface area contributed by atoms with Crippen LogP contribution in [0.3, 0.4) is 0 Å². The third kappa shape index (κ3) is 5.42. The topological polar surface area (TPSA) is 102 Å². The number of benzene rings is 3. The number of carbonyl (C=O) groups is 1. The zero-order valence-electron chi connectivity index (χ0n) is 25.9. The van der Waals surface area contributed by atoms with Gasteiger partial charge in [0.25, 0.3) is 5.91 Å². The Balaban J connectivity index is 1.08. The van der Waals surface area contributed by atoms with E-state index in [-0.39, 0.29) is 5.41 Å². The van der Waals surface area contributed by atoms with Gasteiger partial charge in [0.05, 0.1) is 11.0 Å². The summed E-state index contributed by atoms with van der Waals surface area (Å²) < 4.78 is 56.0. The summed E-state index contributed by atoms with van der Waals surface area (Å²) in [6.07, 6.45) is 6.72. The number of hydrogen-bond donors (Lipinski definition) is 1. The number of sulfonamides is 1. The van der Waals surface area contributed by atoms with Crippen molar-refractivity contribution in [3.05, 3.63) is 95.3 Å². The Kier molecular flexibility index (Phi) is 7.97. The van der Waals surface area contributed by atoms with Crippen LogP contribution in [-0.2, 0) is 15.4 Å². The quantitative estimate of drug-likeness (QED) is 0.277. The van der Waals surface area contributed by atoms with E-state index in [2.05, 4.69) is 46.7 Å². The average molecular weight is 648 g/mol. The lowest BCUT2D eigenvalue weighted by Gasteiger charge is -2.45. The van der Waals surface area contributed by atoms with E-state index in [1.807, 2.05) is 24.3 Å². The molecule has 0 radical (unpaired) electrons. The molecule has 1 aromatic heterocycles. The van der Waals surface area contributed by atoms with Crippen LogP contribution in [0.2, 0.25) is 0 Å². The van der Waals surface area contributed by atoms with E-state index in [0.29, 0.717) is 44.1 Å². The minimum atomic E-state index is -4.46. The van der Waals surface area contributed by atoms with Gasteiger partial charge < -0.3 is 9.47 Å². The van der Waals surface area contributed by atoms with Gasteiger partial charge in [0.1, 0.15) is 22.1 Å². The van der Waals surface area contributed by atoms with E-state index in [0.717, 1.165) is 49.3 Å². The van der Waals surface area contributed by atoms with Gasteiger partial charge in [-0.25, -0.2) is 27.3 Å². The van der Waals surface area contributed by atoms with Crippen molar-refractivity contribution in [3.63, 3.8) is 0 Å². The van der Waals surface area contributed by atoms with Crippen molar-refractivity contribution in [1.29, 1.82) is 0 Å². The molecule has 2 unspecified atom stereocenters. The summed E-state index contributed by atoms with van der Waals surface area (Å²) in [5.74, 6) is -2.33. The van der Waals surface area contributed by atoms with E-state index in [9.17, 15) is 17.6 Å². The molecular weight excluding hydrogens is 608 g/mol. The Labute approximate surface area is 268 Å². The van der Waals surface area contributed by atoms with E-state index in [4.69, 9.17) is 10.1 Å². The molecule has 1 amide bonds. The highest BCUT2D eigenvalue weighted by Gasteiger charge is 2.44. The van der Waals surface area contributed by atoms with Crippen molar-refractivity contribution in [2.45, 2.75) is 80.3 Å². The standard InChI is InChI=1S/C35H39F2N5O3S/c1-23-39-29-9-5-6-10-30(29)42(23)27-21-25-11-12-26(22-27)41(25)20-17-35(24-7-3-2-4-8-24)15-18-40(19-16-35)34(43)32-28(36)13-14-31(33(32)37)46(38,44)45/h2-10,13-14,25-27H,11-12,15-22H2,1H3,(H2,38,44,45). The van der Waals surface area contributed by atoms with Crippen LogP contribution in [0.5, 0.6) is 0 Å². The third-order valence-corrected chi connectivity index (χ3v) is 11.7. The number of hydrogen-bond acceptors (Lipinski definition) is 5. The van der Waals surface area contributed by atoms with E-state index in [1.54, 1.807) is 0 Å². The molecule has 3 aliphatic rings. The van der Waals surface area contributed by atoms with Gasteiger partial charge in [-0.3, -0.25) is 9.69 Å². The Morgan fingerprint density at radius 2 is 1.59 bits per heavy atom. The molecule has 3 saturated heterocycles. The molecule has 3 fully saturated rings. The monoisotopic (exact) mass is 647 g/mol. The second kappa shape index (κ2) is 11.8. The van der Waals surface area contributed by atoms with Crippen molar-refractivity contribution in [2.24, 2.45) is 5.14 Å². The van der Waals surface area contributed by atoms with Gasteiger partial charge in [0.15, 0.2) is 5.82 Å². The lowest BCUT2D eigenvalue weighted by Crippen LogP contribution is -2.49. The largest absolute Gasteiger partial charge is 0.338 e. The maximum atomic E-state index is 15.1. The molecule has 7 rings (SSSR count). The number of aromatic nitrogens is 2. The van der Waals surface area contributed by atoms with Crippen LogP contribution in [-0.4, -0.2) is 65.4 Å². The summed E-state index contributed by atoms with van der Waals surface area (Å²) in [6.45, 7) is 3.64. The number of aryl methyl sites for hydroxylation is 1. The van der Waals surface area contributed by atoms with Gasteiger partial charge in [-0.15, -0.1) is 0 Å². The van der Waals surface area contributed by atoms with Crippen molar-refractivity contribution in [2.75, 3.05) is 19.6 Å². The summed E-state index contributed by atoms with van der Waals surface area (Å²) in [6, 6.07) is 21.7. The Morgan fingerprint density at radius 3 is 2.26 bits per heavy atom. The summed E-state index contributed by atoms with van der Waals surface area (Å²) in [5, 5.41) is 5.11. The van der Waals surface area contributed by atoms with Crippen LogP contribution in [0, 0.1) is 18.6 Å². The first kappa shape index (κ1) is 31.0. The molecule has 11 heteroatoms. The highest BCUT2D eigenvalue weighted by molar-refractivity contribution is 7.89. The molecule has 46 heavy (non-hydrogen) atoms. The van der Waals surface area contributed by atoms with Crippen LogP contribution in [0.1, 0.15) is 72.7 Å². The molecule has 2 N–H and O–H groups in total. The van der Waals surface area contributed by atoms with Crippen LogP contribution >= 0.6 is 0 Å². The number of halogens is 2. The van der Waals surface area contributed by atoms with Crippen LogP contribution in [0.25, 0.3) is 11.0 Å². The fourth-order valence-electron chi connectivity index (χ4n) is 8.51. The molecule has 8 nitrogen and oxygen atoms in total. The zero-order valence-corrected chi connectivity index (χ0v) is 26.7. The van der Waals surface area contributed by atoms with Crippen molar-refractivity contribution < 1.29 is 22.0 Å². The molecule has 2 atom stereocenters. The molecule has 2 bridgehead atoms. The first-order chi connectivity index (χ1) is 22.1. The number of fused-ring (bicyclic) bond motifs is 3. The van der Waals surface area contributed by atoms with E-state index in [1.165, 1.54) is 28.8 Å². The number of piperidine rings is 2. The molecule has 0 aliphatic carbocycles. The number of para-hydroxylation sites is 2. The lowest BCUT2D eigenvalue weighted by molar-refractivity contribution is 0.0598. The van der Waals surface area contributed by atoms with Gasteiger partial charge in [-0.1, -0.05) is 42.5 Å². The molecule has 3 aliphatic heterocycles. The first-order valence-electron chi connectivity index (χ1n) is 16.1. The fraction of sp³-hybridized carbons (Fsp3) is 0.429. The maximum Gasteiger partial charge on any atom is 0.259 e. The first-order valence-corrected chi connectivity index (χ1v) is 17.7. The SMILES string of the molecule is Cc1nc2ccccc2n1C1CC2CCC(C1)N2CCC1(c2ccccc2)CCN(C(=O)c2c(F)ccc(S(N)(=O)=O)c2F)CC1. The van der Waals surface area contributed by atoms with Gasteiger partial charge in [0.2, 0.25) is 10.0 Å². The smallest absolute Gasteiger partial charge is 0.259 e. The molecule has 0 spiro atoms.